The van der Waals surface area contributed by atoms with E-state index in [1.54, 1.807) is 0 Å². The van der Waals surface area contributed by atoms with Crippen molar-refractivity contribution in [1.29, 1.82) is 0 Å². The maximum Gasteiger partial charge on any atom is 0.255 e. The Hall–Kier alpha value is 0.250. The fourth-order valence-electron chi connectivity index (χ4n) is 1.60. The minimum absolute atomic E-state index is 0.144. The zero-order chi connectivity index (χ0) is 11.5. The molecule has 0 saturated carbocycles. The number of hydrogen-bond acceptors (Lipinski definition) is 2. The molecule has 0 spiro atoms. The van der Waals surface area contributed by atoms with Crippen molar-refractivity contribution < 1.29 is 4.79 Å². The minimum atomic E-state index is 0.144. The molecule has 0 aliphatic carbocycles. The molecule has 1 fully saturated rings. The number of halogens is 2. The molecule has 1 heterocycles. The Morgan fingerprint density at radius 2 is 2.06 bits per heavy atom. The fraction of sp³-hybridized carbons (Fsp3) is 0.364. The van der Waals surface area contributed by atoms with Gasteiger partial charge in [-0.2, -0.15) is 11.8 Å². The van der Waals surface area contributed by atoms with E-state index in [4.69, 9.17) is 0 Å². The zero-order valence-corrected chi connectivity index (χ0v) is 13.1. The highest BCUT2D eigenvalue weighted by Crippen LogP contribution is 2.22. The lowest BCUT2D eigenvalue weighted by atomic mass is 10.2. The standard InChI is InChI=1S/C11H11BrINOS/c12-10-2-1-8(13)7-9(10)11(15)14-3-5-16-6-4-14/h1-2,7H,3-6H2. The van der Waals surface area contributed by atoms with E-state index < -0.39 is 0 Å². The molecule has 0 unspecified atom stereocenters. The van der Waals surface area contributed by atoms with Crippen LogP contribution in [0.25, 0.3) is 0 Å². The van der Waals surface area contributed by atoms with Crippen LogP contribution in [0.15, 0.2) is 22.7 Å². The van der Waals surface area contributed by atoms with E-state index in [0.29, 0.717) is 0 Å². The summed E-state index contributed by atoms with van der Waals surface area (Å²) in [6.45, 7) is 1.73. The monoisotopic (exact) mass is 411 g/mol. The fourth-order valence-corrected chi connectivity index (χ4v) is 3.41. The second kappa shape index (κ2) is 5.73. The van der Waals surface area contributed by atoms with Crippen LogP contribution in [0, 0.1) is 3.57 Å². The molecule has 1 amide bonds. The van der Waals surface area contributed by atoms with E-state index in [1.165, 1.54) is 0 Å². The molecule has 2 nitrogen and oxygen atoms in total. The van der Waals surface area contributed by atoms with Crippen molar-refractivity contribution in [2.45, 2.75) is 0 Å². The van der Waals surface area contributed by atoms with Gasteiger partial charge in [-0.05, 0) is 56.7 Å². The third-order valence-electron chi connectivity index (χ3n) is 2.46. The largest absolute Gasteiger partial charge is 0.337 e. The SMILES string of the molecule is O=C(c1cc(I)ccc1Br)N1CCSCC1. The summed E-state index contributed by atoms with van der Waals surface area (Å²) in [7, 11) is 0. The van der Waals surface area contributed by atoms with Crippen LogP contribution in [-0.4, -0.2) is 35.4 Å². The third kappa shape index (κ3) is 2.92. The lowest BCUT2D eigenvalue weighted by Gasteiger charge is -2.26. The van der Waals surface area contributed by atoms with Crippen LogP contribution in [0.4, 0.5) is 0 Å². The van der Waals surface area contributed by atoms with Crippen molar-refractivity contribution in [2.24, 2.45) is 0 Å². The Morgan fingerprint density at radius 3 is 2.75 bits per heavy atom. The molecule has 0 radical (unpaired) electrons. The maximum absolute atomic E-state index is 12.3. The summed E-state index contributed by atoms with van der Waals surface area (Å²) in [5, 5.41) is 0. The van der Waals surface area contributed by atoms with Crippen LogP contribution < -0.4 is 0 Å². The van der Waals surface area contributed by atoms with Crippen LogP contribution in [0.2, 0.25) is 0 Å². The van der Waals surface area contributed by atoms with E-state index >= 15 is 0 Å². The first-order valence-electron chi connectivity index (χ1n) is 5.00. The summed E-state index contributed by atoms with van der Waals surface area (Å²) in [4.78, 5) is 14.2. The topological polar surface area (TPSA) is 20.3 Å². The molecule has 1 aliphatic rings. The summed E-state index contributed by atoms with van der Waals surface area (Å²) >= 11 is 7.58. The maximum atomic E-state index is 12.3. The molecule has 1 aromatic carbocycles. The van der Waals surface area contributed by atoms with Gasteiger partial charge in [-0.1, -0.05) is 0 Å². The number of carbonyl (C=O) groups excluding carboxylic acids is 1. The summed E-state index contributed by atoms with van der Waals surface area (Å²) in [5.41, 5.74) is 0.777. The molecule has 1 aromatic rings. The smallest absolute Gasteiger partial charge is 0.255 e. The Kier molecular flexibility index (Phi) is 4.55. The average Bonchev–Trinajstić information content (AvgIpc) is 2.32. The lowest BCUT2D eigenvalue weighted by molar-refractivity contribution is 0.0771. The molecule has 5 heteroatoms. The first kappa shape index (κ1) is 12.7. The van der Waals surface area contributed by atoms with Gasteiger partial charge in [0.25, 0.3) is 5.91 Å². The van der Waals surface area contributed by atoms with Crippen molar-refractivity contribution >= 4 is 56.2 Å². The molecule has 0 atom stereocenters. The van der Waals surface area contributed by atoms with Gasteiger partial charge in [-0.3, -0.25) is 4.79 Å². The van der Waals surface area contributed by atoms with E-state index in [1.807, 2.05) is 34.9 Å². The van der Waals surface area contributed by atoms with E-state index in [2.05, 4.69) is 38.5 Å². The molecule has 0 aromatic heterocycles. The van der Waals surface area contributed by atoms with Gasteiger partial charge in [0.05, 0.1) is 5.56 Å². The van der Waals surface area contributed by atoms with Crippen molar-refractivity contribution in [3.63, 3.8) is 0 Å². The molecule has 2 rings (SSSR count). The first-order valence-corrected chi connectivity index (χ1v) is 8.03. The molecular weight excluding hydrogens is 401 g/mol. The van der Waals surface area contributed by atoms with Gasteiger partial charge in [0.1, 0.15) is 0 Å². The van der Waals surface area contributed by atoms with Gasteiger partial charge in [0, 0.05) is 32.6 Å². The number of carbonyl (C=O) groups is 1. The molecule has 0 bridgehead atoms. The van der Waals surface area contributed by atoms with E-state index in [9.17, 15) is 4.79 Å². The number of hydrogen-bond donors (Lipinski definition) is 0. The molecule has 86 valence electrons. The van der Waals surface area contributed by atoms with Gasteiger partial charge in [-0.15, -0.1) is 0 Å². The number of amides is 1. The zero-order valence-electron chi connectivity index (χ0n) is 8.58. The Morgan fingerprint density at radius 1 is 1.38 bits per heavy atom. The molecule has 16 heavy (non-hydrogen) atoms. The van der Waals surface area contributed by atoms with Crippen LogP contribution in [0.1, 0.15) is 10.4 Å². The number of rotatable bonds is 1. The van der Waals surface area contributed by atoms with Gasteiger partial charge in [0.2, 0.25) is 0 Å². The van der Waals surface area contributed by atoms with Crippen LogP contribution in [-0.2, 0) is 0 Å². The second-order valence-corrected chi connectivity index (χ2v) is 6.85. The Bertz CT molecular complexity index is 407. The number of nitrogens with zero attached hydrogens (tertiary/aromatic N) is 1. The summed E-state index contributed by atoms with van der Waals surface area (Å²) < 4.78 is 1.98. The summed E-state index contributed by atoms with van der Waals surface area (Å²) in [5.74, 6) is 2.24. The Labute approximate surface area is 121 Å². The summed E-state index contributed by atoms with van der Waals surface area (Å²) in [6.07, 6.45) is 0. The van der Waals surface area contributed by atoms with E-state index in [-0.39, 0.29) is 5.91 Å². The molecule has 0 N–H and O–H groups in total. The number of benzene rings is 1. The van der Waals surface area contributed by atoms with Crippen molar-refractivity contribution in [2.75, 3.05) is 24.6 Å². The molecular formula is C11H11BrINOS. The highest BCUT2D eigenvalue weighted by atomic mass is 127. The van der Waals surface area contributed by atoms with Crippen LogP contribution in [0.3, 0.4) is 0 Å². The normalized spacial score (nSPS) is 16.2. The average molecular weight is 412 g/mol. The van der Waals surface area contributed by atoms with Crippen molar-refractivity contribution in [3.8, 4) is 0 Å². The predicted octanol–water partition coefficient (Wildman–Crippen LogP) is 3.24. The van der Waals surface area contributed by atoms with Gasteiger partial charge in [-0.25, -0.2) is 0 Å². The minimum Gasteiger partial charge on any atom is -0.337 e. The second-order valence-electron chi connectivity index (χ2n) is 3.53. The molecule has 1 saturated heterocycles. The first-order chi connectivity index (χ1) is 7.68. The highest BCUT2D eigenvalue weighted by molar-refractivity contribution is 14.1. The lowest BCUT2D eigenvalue weighted by Crippen LogP contribution is -2.38. The Balaban J connectivity index is 2.22. The van der Waals surface area contributed by atoms with Crippen molar-refractivity contribution in [1.82, 2.24) is 4.90 Å². The van der Waals surface area contributed by atoms with Gasteiger partial charge in [0.15, 0.2) is 0 Å². The predicted molar refractivity (Wildman–Crippen MR) is 80.1 cm³/mol. The highest BCUT2D eigenvalue weighted by Gasteiger charge is 2.20. The van der Waals surface area contributed by atoms with Crippen LogP contribution >= 0.6 is 50.3 Å². The van der Waals surface area contributed by atoms with Gasteiger partial charge >= 0.3 is 0 Å². The summed E-state index contributed by atoms with van der Waals surface area (Å²) in [6, 6.07) is 5.87. The molecule has 1 aliphatic heterocycles. The van der Waals surface area contributed by atoms with Gasteiger partial charge < -0.3 is 4.90 Å². The van der Waals surface area contributed by atoms with Crippen molar-refractivity contribution in [3.05, 3.63) is 31.8 Å². The number of thioether (sulfide) groups is 1. The van der Waals surface area contributed by atoms with Crippen LogP contribution in [0.5, 0.6) is 0 Å². The van der Waals surface area contributed by atoms with E-state index in [0.717, 1.165) is 38.2 Å². The third-order valence-corrected chi connectivity index (χ3v) is 4.76. The quantitative estimate of drug-likeness (QED) is 0.661.